The van der Waals surface area contributed by atoms with Crippen molar-refractivity contribution in [1.82, 2.24) is 4.31 Å². The minimum absolute atomic E-state index is 0.0166. The Morgan fingerprint density at radius 3 is 2.57 bits per heavy atom. The van der Waals surface area contributed by atoms with Crippen LogP contribution in [0.5, 0.6) is 0 Å². The first-order chi connectivity index (χ1) is 9.77. The molecule has 1 aromatic carbocycles. The van der Waals surface area contributed by atoms with Crippen LogP contribution in [-0.4, -0.2) is 36.9 Å². The van der Waals surface area contributed by atoms with E-state index in [1.165, 1.54) is 16.4 Å². The van der Waals surface area contributed by atoms with Gasteiger partial charge in [-0.2, -0.15) is 4.31 Å². The Kier molecular flexibility index (Phi) is 4.39. The minimum atomic E-state index is -3.62. The van der Waals surface area contributed by atoms with Crippen molar-refractivity contribution in [2.24, 2.45) is 5.92 Å². The molecule has 1 aliphatic heterocycles. The summed E-state index contributed by atoms with van der Waals surface area (Å²) < 4.78 is 27.0. The number of aromatic carboxylic acids is 1. The van der Waals surface area contributed by atoms with Gasteiger partial charge in [0.05, 0.1) is 10.5 Å². The molecule has 1 fully saturated rings. The van der Waals surface area contributed by atoms with Gasteiger partial charge in [0.2, 0.25) is 10.0 Å². The predicted molar refractivity (Wildman–Crippen MR) is 80.0 cm³/mol. The maximum atomic E-state index is 12.8. The first kappa shape index (κ1) is 16.0. The Morgan fingerprint density at radius 2 is 2.05 bits per heavy atom. The van der Waals surface area contributed by atoms with Crippen LogP contribution >= 0.6 is 0 Å². The molecule has 0 aliphatic carbocycles. The van der Waals surface area contributed by atoms with Gasteiger partial charge in [-0.3, -0.25) is 0 Å². The first-order valence-electron chi connectivity index (χ1n) is 7.12. The molecule has 1 aromatic rings. The van der Waals surface area contributed by atoms with Crippen molar-refractivity contribution in [1.29, 1.82) is 0 Å². The van der Waals surface area contributed by atoms with E-state index in [-0.39, 0.29) is 10.5 Å². The average molecular weight is 311 g/mol. The summed E-state index contributed by atoms with van der Waals surface area (Å²) in [5.74, 6) is -0.716. The molecule has 1 aliphatic rings. The average Bonchev–Trinajstić information content (AvgIpc) is 2.90. The van der Waals surface area contributed by atoms with Crippen LogP contribution < -0.4 is 0 Å². The number of hydrogen-bond donors (Lipinski definition) is 1. The quantitative estimate of drug-likeness (QED) is 0.926. The molecule has 1 atom stereocenters. The highest BCUT2D eigenvalue weighted by atomic mass is 32.2. The molecule has 1 unspecified atom stereocenters. The maximum absolute atomic E-state index is 12.8. The number of carbonyl (C=O) groups is 1. The Labute approximate surface area is 125 Å². The summed E-state index contributed by atoms with van der Waals surface area (Å²) in [4.78, 5) is 11.3. The molecule has 5 nitrogen and oxygen atoms in total. The molecular formula is C15H21NO4S. The summed E-state index contributed by atoms with van der Waals surface area (Å²) in [7, 11) is -3.62. The zero-order valence-electron chi connectivity index (χ0n) is 12.6. The molecule has 0 aromatic heterocycles. The van der Waals surface area contributed by atoms with Crippen LogP contribution in [-0.2, 0) is 10.0 Å². The molecule has 0 bridgehead atoms. The lowest BCUT2D eigenvalue weighted by Gasteiger charge is -2.19. The van der Waals surface area contributed by atoms with Crippen LogP contribution in [0.1, 0.15) is 41.3 Å². The number of nitrogens with zero attached hydrogens (tertiary/aromatic N) is 1. The van der Waals surface area contributed by atoms with Gasteiger partial charge < -0.3 is 5.11 Å². The molecule has 2 rings (SSSR count). The van der Waals surface area contributed by atoms with Gasteiger partial charge in [-0.25, -0.2) is 13.2 Å². The summed E-state index contributed by atoms with van der Waals surface area (Å²) in [5, 5.41) is 9.13. The van der Waals surface area contributed by atoms with E-state index in [0.717, 1.165) is 12.8 Å². The first-order valence-corrected chi connectivity index (χ1v) is 8.56. The van der Waals surface area contributed by atoms with Crippen LogP contribution in [0.15, 0.2) is 17.0 Å². The molecule has 0 radical (unpaired) electrons. The largest absolute Gasteiger partial charge is 0.478 e. The van der Waals surface area contributed by atoms with Crippen LogP contribution in [0.4, 0.5) is 0 Å². The van der Waals surface area contributed by atoms with E-state index in [0.29, 0.717) is 30.1 Å². The van der Waals surface area contributed by atoms with Gasteiger partial charge in [0, 0.05) is 13.1 Å². The second-order valence-corrected chi connectivity index (χ2v) is 7.55. The molecular weight excluding hydrogens is 290 g/mol. The summed E-state index contributed by atoms with van der Waals surface area (Å²) in [6.07, 6.45) is 1.82. The summed E-state index contributed by atoms with van der Waals surface area (Å²) in [6.45, 7) is 6.55. The monoisotopic (exact) mass is 311 g/mol. The van der Waals surface area contributed by atoms with E-state index in [2.05, 4.69) is 6.92 Å². The van der Waals surface area contributed by atoms with E-state index in [4.69, 9.17) is 5.11 Å². The molecule has 0 amide bonds. The third-order valence-corrected chi connectivity index (χ3v) is 6.30. The van der Waals surface area contributed by atoms with Crippen LogP contribution in [0.3, 0.4) is 0 Å². The third kappa shape index (κ3) is 2.96. The van der Waals surface area contributed by atoms with Crippen molar-refractivity contribution in [2.75, 3.05) is 13.1 Å². The summed E-state index contributed by atoms with van der Waals surface area (Å²) >= 11 is 0. The molecule has 116 valence electrons. The van der Waals surface area contributed by atoms with Crippen molar-refractivity contribution in [3.05, 3.63) is 28.8 Å². The van der Waals surface area contributed by atoms with Crippen molar-refractivity contribution >= 4 is 16.0 Å². The molecule has 1 N–H and O–H groups in total. The number of carboxylic acids is 1. The lowest BCUT2D eigenvalue weighted by atomic mass is 10.1. The van der Waals surface area contributed by atoms with Gasteiger partial charge in [0.25, 0.3) is 0 Å². The van der Waals surface area contributed by atoms with Gasteiger partial charge in [-0.1, -0.05) is 13.3 Å². The van der Waals surface area contributed by atoms with Gasteiger partial charge in [-0.05, 0) is 49.4 Å². The Bertz CT molecular complexity index is 666. The number of carboxylic acid groups (broad SMARTS) is 1. The second kappa shape index (κ2) is 5.77. The summed E-state index contributed by atoms with van der Waals surface area (Å²) in [6, 6.07) is 2.79. The maximum Gasteiger partial charge on any atom is 0.335 e. The van der Waals surface area contributed by atoms with E-state index in [1.54, 1.807) is 13.8 Å². The van der Waals surface area contributed by atoms with Crippen molar-refractivity contribution in [3.63, 3.8) is 0 Å². The van der Waals surface area contributed by atoms with Crippen molar-refractivity contribution in [3.8, 4) is 0 Å². The fraction of sp³-hybridized carbons (Fsp3) is 0.533. The second-order valence-electron chi connectivity index (χ2n) is 5.65. The fourth-order valence-corrected chi connectivity index (χ4v) is 4.56. The molecule has 21 heavy (non-hydrogen) atoms. The highest BCUT2D eigenvalue weighted by Gasteiger charge is 2.33. The predicted octanol–water partition coefficient (Wildman–Crippen LogP) is 2.42. The number of rotatable bonds is 4. The van der Waals surface area contributed by atoms with Crippen molar-refractivity contribution < 1.29 is 18.3 Å². The van der Waals surface area contributed by atoms with E-state index >= 15 is 0 Å². The van der Waals surface area contributed by atoms with E-state index in [9.17, 15) is 13.2 Å². The van der Waals surface area contributed by atoms with Gasteiger partial charge >= 0.3 is 5.97 Å². The standard InChI is InChI=1S/C15H21NO4S/c1-4-12-5-6-16(9-12)21(19,20)14-8-13(15(17)18)7-10(2)11(14)3/h7-8,12H,4-6,9H2,1-3H3,(H,17,18). The van der Waals surface area contributed by atoms with Crippen LogP contribution in [0, 0.1) is 19.8 Å². The van der Waals surface area contributed by atoms with E-state index in [1.807, 2.05) is 0 Å². The lowest BCUT2D eigenvalue weighted by molar-refractivity contribution is 0.0696. The number of benzene rings is 1. The highest BCUT2D eigenvalue weighted by Crippen LogP contribution is 2.29. The Morgan fingerprint density at radius 1 is 1.38 bits per heavy atom. The van der Waals surface area contributed by atoms with E-state index < -0.39 is 16.0 Å². The Hall–Kier alpha value is -1.40. The number of hydrogen-bond acceptors (Lipinski definition) is 3. The highest BCUT2D eigenvalue weighted by molar-refractivity contribution is 7.89. The SMILES string of the molecule is CCC1CCN(S(=O)(=O)c2cc(C(=O)O)cc(C)c2C)C1. The van der Waals surface area contributed by atoms with Crippen molar-refractivity contribution in [2.45, 2.75) is 38.5 Å². The van der Waals surface area contributed by atoms with Crippen LogP contribution in [0.25, 0.3) is 0 Å². The Balaban J connectivity index is 2.47. The van der Waals surface area contributed by atoms with Gasteiger partial charge in [-0.15, -0.1) is 0 Å². The number of aryl methyl sites for hydroxylation is 1. The smallest absolute Gasteiger partial charge is 0.335 e. The van der Waals surface area contributed by atoms with Gasteiger partial charge in [0.15, 0.2) is 0 Å². The van der Waals surface area contributed by atoms with Gasteiger partial charge in [0.1, 0.15) is 0 Å². The van der Waals surface area contributed by atoms with Crippen LogP contribution in [0.2, 0.25) is 0 Å². The number of sulfonamides is 1. The summed E-state index contributed by atoms with van der Waals surface area (Å²) in [5.41, 5.74) is 1.32. The normalized spacial score (nSPS) is 19.9. The molecule has 0 saturated carbocycles. The molecule has 1 saturated heterocycles. The molecule has 1 heterocycles. The minimum Gasteiger partial charge on any atom is -0.478 e. The topological polar surface area (TPSA) is 74.7 Å². The third-order valence-electron chi connectivity index (χ3n) is 4.31. The fourth-order valence-electron chi connectivity index (χ4n) is 2.71. The lowest BCUT2D eigenvalue weighted by Crippen LogP contribution is -2.29. The zero-order valence-corrected chi connectivity index (χ0v) is 13.4. The molecule has 0 spiro atoms. The molecule has 6 heteroatoms. The zero-order chi connectivity index (χ0) is 15.8.